The van der Waals surface area contributed by atoms with Crippen molar-refractivity contribution in [2.45, 2.75) is 32.4 Å². The standard InChI is InChI=1S/C14H19N3O3.ClH/c1-10-8-16(9-11(2)15-10)14(18)7-12-4-3-5-13(6-12)17(19)20;/h3-6,10-11,15H,7-9H2,1-2H3;1H. The smallest absolute Gasteiger partial charge is 0.269 e. The van der Waals surface area contributed by atoms with Gasteiger partial charge in [-0.2, -0.15) is 0 Å². The molecule has 2 atom stereocenters. The average Bonchev–Trinajstić information content (AvgIpc) is 2.37. The maximum Gasteiger partial charge on any atom is 0.269 e. The Kier molecular flexibility index (Phi) is 6.11. The van der Waals surface area contributed by atoms with Crippen LogP contribution in [0.4, 0.5) is 5.69 Å². The van der Waals surface area contributed by atoms with Crippen molar-refractivity contribution in [3.8, 4) is 0 Å². The number of amides is 1. The summed E-state index contributed by atoms with van der Waals surface area (Å²) in [6, 6.07) is 6.81. The van der Waals surface area contributed by atoms with Crippen LogP contribution in [-0.4, -0.2) is 40.9 Å². The van der Waals surface area contributed by atoms with E-state index in [0.717, 1.165) is 0 Å². The third-order valence-electron chi connectivity index (χ3n) is 3.39. The zero-order valence-corrected chi connectivity index (χ0v) is 12.9. The van der Waals surface area contributed by atoms with Gasteiger partial charge in [0, 0.05) is 37.3 Å². The summed E-state index contributed by atoms with van der Waals surface area (Å²) in [5, 5.41) is 14.1. The molecule has 1 saturated heterocycles. The highest BCUT2D eigenvalue weighted by molar-refractivity contribution is 5.85. The molecule has 21 heavy (non-hydrogen) atoms. The van der Waals surface area contributed by atoms with Gasteiger partial charge in [0.15, 0.2) is 0 Å². The fraction of sp³-hybridized carbons (Fsp3) is 0.500. The lowest BCUT2D eigenvalue weighted by atomic mass is 10.1. The summed E-state index contributed by atoms with van der Waals surface area (Å²) >= 11 is 0. The van der Waals surface area contributed by atoms with Crippen LogP contribution in [0.15, 0.2) is 24.3 Å². The van der Waals surface area contributed by atoms with Gasteiger partial charge in [-0.3, -0.25) is 14.9 Å². The van der Waals surface area contributed by atoms with Crippen LogP contribution in [0.25, 0.3) is 0 Å². The fourth-order valence-electron chi connectivity index (χ4n) is 2.60. The molecule has 6 nitrogen and oxygen atoms in total. The van der Waals surface area contributed by atoms with Gasteiger partial charge in [-0.25, -0.2) is 0 Å². The summed E-state index contributed by atoms with van der Waals surface area (Å²) in [4.78, 5) is 24.4. The quantitative estimate of drug-likeness (QED) is 0.681. The Morgan fingerprint density at radius 2 is 2.00 bits per heavy atom. The van der Waals surface area contributed by atoms with Crippen molar-refractivity contribution in [1.29, 1.82) is 0 Å². The molecular formula is C14H20ClN3O3. The van der Waals surface area contributed by atoms with E-state index >= 15 is 0 Å². The van der Waals surface area contributed by atoms with Crippen LogP contribution in [0, 0.1) is 10.1 Å². The topological polar surface area (TPSA) is 75.5 Å². The molecule has 1 fully saturated rings. The first-order valence-corrected chi connectivity index (χ1v) is 6.73. The van der Waals surface area contributed by atoms with Crippen molar-refractivity contribution in [2.24, 2.45) is 0 Å². The Bertz CT molecular complexity index is 514. The number of carbonyl (C=O) groups excluding carboxylic acids is 1. The van der Waals surface area contributed by atoms with Crippen LogP contribution in [-0.2, 0) is 11.2 Å². The molecule has 0 spiro atoms. The van der Waals surface area contributed by atoms with Crippen molar-refractivity contribution in [3.05, 3.63) is 39.9 Å². The Hall–Kier alpha value is -1.66. The van der Waals surface area contributed by atoms with E-state index in [1.807, 2.05) is 18.7 Å². The zero-order chi connectivity index (χ0) is 14.7. The first-order chi connectivity index (χ1) is 9.45. The van der Waals surface area contributed by atoms with E-state index in [2.05, 4.69) is 5.32 Å². The lowest BCUT2D eigenvalue weighted by molar-refractivity contribution is -0.384. The number of rotatable bonds is 3. The Balaban J connectivity index is 0.00000220. The number of halogens is 1. The molecule has 0 bridgehead atoms. The summed E-state index contributed by atoms with van der Waals surface area (Å²) in [6.07, 6.45) is 0.209. The molecule has 116 valence electrons. The summed E-state index contributed by atoms with van der Waals surface area (Å²) in [7, 11) is 0. The second kappa shape index (κ2) is 7.38. The third-order valence-corrected chi connectivity index (χ3v) is 3.39. The van der Waals surface area contributed by atoms with Crippen LogP contribution in [0.2, 0.25) is 0 Å². The molecular weight excluding hydrogens is 294 g/mol. The molecule has 1 aliphatic rings. The van der Waals surface area contributed by atoms with Gasteiger partial charge in [0.05, 0.1) is 11.3 Å². The molecule has 2 rings (SSSR count). The SMILES string of the molecule is CC1CN(C(=O)Cc2cccc([N+](=O)[O-])c2)CC(C)N1.Cl. The summed E-state index contributed by atoms with van der Waals surface area (Å²) in [5.74, 6) is 0.0192. The summed E-state index contributed by atoms with van der Waals surface area (Å²) in [5.41, 5.74) is 0.709. The lowest BCUT2D eigenvalue weighted by Crippen LogP contribution is -2.56. The molecule has 0 radical (unpaired) electrons. The van der Waals surface area contributed by atoms with Gasteiger partial charge in [-0.1, -0.05) is 12.1 Å². The highest BCUT2D eigenvalue weighted by Gasteiger charge is 2.24. The summed E-state index contributed by atoms with van der Waals surface area (Å²) in [6.45, 7) is 5.45. The molecule has 0 saturated carbocycles. The number of nitrogens with one attached hydrogen (secondary N) is 1. The number of non-ortho nitro benzene ring substituents is 1. The number of hydrogen-bond donors (Lipinski definition) is 1. The molecule has 1 N–H and O–H groups in total. The number of piperazine rings is 1. The number of benzene rings is 1. The van der Waals surface area contributed by atoms with Gasteiger partial charge in [0.2, 0.25) is 5.91 Å². The van der Waals surface area contributed by atoms with Crippen LogP contribution in [0.3, 0.4) is 0 Å². The Labute approximate surface area is 130 Å². The highest BCUT2D eigenvalue weighted by Crippen LogP contribution is 2.15. The van der Waals surface area contributed by atoms with E-state index in [9.17, 15) is 14.9 Å². The molecule has 0 aromatic heterocycles. The number of hydrogen-bond acceptors (Lipinski definition) is 4. The maximum atomic E-state index is 12.3. The van der Waals surface area contributed by atoms with E-state index in [1.54, 1.807) is 12.1 Å². The van der Waals surface area contributed by atoms with E-state index < -0.39 is 4.92 Å². The van der Waals surface area contributed by atoms with Crippen LogP contribution in [0.5, 0.6) is 0 Å². The van der Waals surface area contributed by atoms with Crippen molar-refractivity contribution in [2.75, 3.05) is 13.1 Å². The molecule has 1 heterocycles. The third kappa shape index (κ3) is 4.68. The number of nitrogens with zero attached hydrogens (tertiary/aromatic N) is 2. The van der Waals surface area contributed by atoms with Gasteiger partial charge >= 0.3 is 0 Å². The zero-order valence-electron chi connectivity index (χ0n) is 12.1. The van der Waals surface area contributed by atoms with E-state index in [0.29, 0.717) is 18.7 Å². The van der Waals surface area contributed by atoms with Gasteiger partial charge in [0.25, 0.3) is 5.69 Å². The monoisotopic (exact) mass is 313 g/mol. The second-order valence-corrected chi connectivity index (χ2v) is 5.37. The lowest BCUT2D eigenvalue weighted by Gasteiger charge is -2.36. The first-order valence-electron chi connectivity index (χ1n) is 6.73. The van der Waals surface area contributed by atoms with Crippen LogP contribution < -0.4 is 5.32 Å². The molecule has 1 aromatic carbocycles. The van der Waals surface area contributed by atoms with Crippen molar-refractivity contribution >= 4 is 24.0 Å². The maximum absolute atomic E-state index is 12.3. The fourth-order valence-corrected chi connectivity index (χ4v) is 2.60. The molecule has 0 aliphatic carbocycles. The predicted molar refractivity (Wildman–Crippen MR) is 82.7 cm³/mol. The van der Waals surface area contributed by atoms with E-state index in [-0.39, 0.29) is 42.5 Å². The predicted octanol–water partition coefficient (Wildman–Crippen LogP) is 1.77. The number of carbonyl (C=O) groups is 1. The highest BCUT2D eigenvalue weighted by atomic mass is 35.5. The van der Waals surface area contributed by atoms with Gasteiger partial charge in [-0.15, -0.1) is 12.4 Å². The molecule has 7 heteroatoms. The second-order valence-electron chi connectivity index (χ2n) is 5.37. The van der Waals surface area contributed by atoms with Crippen molar-refractivity contribution < 1.29 is 9.72 Å². The van der Waals surface area contributed by atoms with Crippen molar-refractivity contribution in [1.82, 2.24) is 10.2 Å². The largest absolute Gasteiger partial charge is 0.339 e. The normalized spacial score (nSPS) is 21.5. The molecule has 1 aromatic rings. The van der Waals surface area contributed by atoms with Gasteiger partial charge < -0.3 is 10.2 Å². The Morgan fingerprint density at radius 3 is 2.57 bits per heavy atom. The van der Waals surface area contributed by atoms with E-state index in [4.69, 9.17) is 0 Å². The van der Waals surface area contributed by atoms with Crippen LogP contribution >= 0.6 is 12.4 Å². The molecule has 2 unspecified atom stereocenters. The van der Waals surface area contributed by atoms with Crippen molar-refractivity contribution in [3.63, 3.8) is 0 Å². The van der Waals surface area contributed by atoms with Gasteiger partial charge in [-0.05, 0) is 19.4 Å². The molecule has 1 aliphatic heterocycles. The summed E-state index contributed by atoms with van der Waals surface area (Å²) < 4.78 is 0. The molecule has 1 amide bonds. The Morgan fingerprint density at radius 1 is 1.38 bits per heavy atom. The minimum Gasteiger partial charge on any atom is -0.339 e. The number of nitro benzene ring substituents is 1. The number of nitro groups is 1. The van der Waals surface area contributed by atoms with Crippen LogP contribution in [0.1, 0.15) is 19.4 Å². The minimum atomic E-state index is -0.442. The minimum absolute atomic E-state index is 0. The first kappa shape index (κ1) is 17.4. The average molecular weight is 314 g/mol. The van der Waals surface area contributed by atoms with E-state index in [1.165, 1.54) is 12.1 Å². The van der Waals surface area contributed by atoms with Gasteiger partial charge in [0.1, 0.15) is 0 Å².